The predicted molar refractivity (Wildman–Crippen MR) is 105 cm³/mol. The Hall–Kier alpha value is -1.32. The number of ether oxygens (including phenoxy) is 2. The molecule has 1 unspecified atom stereocenters. The van der Waals surface area contributed by atoms with Gasteiger partial charge >= 0.3 is 11.9 Å². The summed E-state index contributed by atoms with van der Waals surface area (Å²) in [6.07, 6.45) is 9.46. The number of methoxy groups -OCH3 is 1. The summed E-state index contributed by atoms with van der Waals surface area (Å²) in [6.45, 7) is 8.90. The zero-order valence-corrected chi connectivity index (χ0v) is 17.8. The molecule has 152 valence electrons. The second-order valence-electron chi connectivity index (χ2n) is 9.77. The SMILES string of the molecule is COC(=O)[C@@]1(C)CCCC2=C1CC[C@H](C)[C@@]2(C)CCC1(C)CCCC(=O)O1. The van der Waals surface area contributed by atoms with E-state index in [1.54, 1.807) is 0 Å². The van der Waals surface area contributed by atoms with Gasteiger partial charge in [0, 0.05) is 6.42 Å². The van der Waals surface area contributed by atoms with E-state index in [1.165, 1.54) is 18.3 Å². The molecule has 0 aromatic rings. The molecule has 4 nitrogen and oxygen atoms in total. The second kappa shape index (κ2) is 7.25. The van der Waals surface area contributed by atoms with Crippen molar-refractivity contribution in [3.05, 3.63) is 11.1 Å². The van der Waals surface area contributed by atoms with Gasteiger partial charge in [0.1, 0.15) is 5.60 Å². The molecule has 1 aliphatic heterocycles. The lowest BCUT2D eigenvalue weighted by atomic mass is 9.55. The Morgan fingerprint density at radius 3 is 2.44 bits per heavy atom. The van der Waals surface area contributed by atoms with Crippen LogP contribution in [0.5, 0.6) is 0 Å². The fraction of sp³-hybridized carbons (Fsp3) is 0.826. The molecule has 1 saturated heterocycles. The molecule has 1 heterocycles. The van der Waals surface area contributed by atoms with Crippen LogP contribution in [0.3, 0.4) is 0 Å². The predicted octanol–water partition coefficient (Wildman–Crippen LogP) is 5.35. The first-order valence-corrected chi connectivity index (χ1v) is 10.7. The largest absolute Gasteiger partial charge is 0.468 e. The summed E-state index contributed by atoms with van der Waals surface area (Å²) in [4.78, 5) is 24.4. The maximum Gasteiger partial charge on any atom is 0.315 e. The highest BCUT2D eigenvalue weighted by Gasteiger charge is 2.50. The van der Waals surface area contributed by atoms with Crippen LogP contribution < -0.4 is 0 Å². The van der Waals surface area contributed by atoms with E-state index < -0.39 is 5.41 Å². The van der Waals surface area contributed by atoms with Crippen LogP contribution in [-0.4, -0.2) is 24.6 Å². The molecule has 4 atom stereocenters. The van der Waals surface area contributed by atoms with Crippen LogP contribution in [0.15, 0.2) is 11.1 Å². The van der Waals surface area contributed by atoms with Crippen molar-refractivity contribution in [1.29, 1.82) is 0 Å². The fourth-order valence-corrected chi connectivity index (χ4v) is 5.82. The third kappa shape index (κ3) is 3.56. The van der Waals surface area contributed by atoms with Crippen molar-refractivity contribution in [2.24, 2.45) is 16.7 Å². The summed E-state index contributed by atoms with van der Waals surface area (Å²) in [6, 6.07) is 0. The molecule has 0 bridgehead atoms. The minimum atomic E-state index is -0.467. The number of carbonyl (C=O) groups is 2. The van der Waals surface area contributed by atoms with Crippen molar-refractivity contribution in [2.45, 2.75) is 97.5 Å². The van der Waals surface area contributed by atoms with Gasteiger partial charge < -0.3 is 9.47 Å². The van der Waals surface area contributed by atoms with Crippen molar-refractivity contribution < 1.29 is 19.1 Å². The van der Waals surface area contributed by atoms with E-state index >= 15 is 0 Å². The van der Waals surface area contributed by atoms with E-state index in [0.29, 0.717) is 12.3 Å². The van der Waals surface area contributed by atoms with Crippen molar-refractivity contribution in [3.8, 4) is 0 Å². The molecule has 0 N–H and O–H groups in total. The zero-order chi connectivity index (χ0) is 19.9. The standard InChI is InChI=1S/C23H36O4/c1-16-10-11-18-17(8-6-13-23(18,4)20(25)26-5)22(16,3)15-14-21(2)12-7-9-19(24)27-21/h16H,6-15H2,1-5H3/t16-,21?,22+,23-/m0/s1. The summed E-state index contributed by atoms with van der Waals surface area (Å²) in [5.74, 6) is 0.431. The van der Waals surface area contributed by atoms with Gasteiger partial charge in [-0.25, -0.2) is 0 Å². The van der Waals surface area contributed by atoms with Gasteiger partial charge in [-0.1, -0.05) is 25.0 Å². The lowest BCUT2D eigenvalue weighted by Gasteiger charge is -2.50. The molecule has 0 amide bonds. The second-order valence-corrected chi connectivity index (χ2v) is 9.77. The van der Waals surface area contributed by atoms with E-state index in [0.717, 1.165) is 57.8 Å². The van der Waals surface area contributed by atoms with E-state index in [2.05, 4.69) is 27.7 Å². The number of cyclic esters (lactones) is 1. The maximum atomic E-state index is 12.6. The molecular weight excluding hydrogens is 340 g/mol. The topological polar surface area (TPSA) is 52.6 Å². The van der Waals surface area contributed by atoms with Gasteiger partial charge in [0.2, 0.25) is 0 Å². The van der Waals surface area contributed by atoms with Gasteiger partial charge in [-0.2, -0.15) is 0 Å². The molecule has 0 radical (unpaired) electrons. The molecule has 0 aromatic carbocycles. The summed E-state index contributed by atoms with van der Waals surface area (Å²) in [5.41, 5.74) is 2.09. The molecule has 0 aromatic heterocycles. The Morgan fingerprint density at radius 1 is 1.07 bits per heavy atom. The lowest BCUT2D eigenvalue weighted by Crippen LogP contribution is -2.43. The monoisotopic (exact) mass is 376 g/mol. The third-order valence-corrected chi connectivity index (χ3v) is 7.99. The number of allylic oxidation sites excluding steroid dienone is 1. The first kappa shape index (κ1) is 20.4. The van der Waals surface area contributed by atoms with Crippen LogP contribution in [0.4, 0.5) is 0 Å². The average Bonchev–Trinajstić information content (AvgIpc) is 2.63. The van der Waals surface area contributed by atoms with E-state index in [4.69, 9.17) is 9.47 Å². The Kier molecular flexibility index (Phi) is 5.48. The van der Waals surface area contributed by atoms with Gasteiger partial charge in [0.15, 0.2) is 0 Å². The number of rotatable bonds is 4. The van der Waals surface area contributed by atoms with Crippen molar-refractivity contribution in [1.82, 2.24) is 0 Å². The summed E-state index contributed by atoms with van der Waals surface area (Å²) in [5, 5.41) is 0. The minimum Gasteiger partial charge on any atom is -0.468 e. The highest BCUT2D eigenvalue weighted by Crippen LogP contribution is 2.57. The smallest absolute Gasteiger partial charge is 0.315 e. The van der Waals surface area contributed by atoms with Gasteiger partial charge in [0.05, 0.1) is 12.5 Å². The first-order valence-electron chi connectivity index (χ1n) is 10.7. The van der Waals surface area contributed by atoms with E-state index in [-0.39, 0.29) is 23.0 Å². The van der Waals surface area contributed by atoms with Crippen molar-refractivity contribution >= 4 is 11.9 Å². The Bertz CT molecular complexity index is 651. The zero-order valence-electron chi connectivity index (χ0n) is 17.8. The van der Waals surface area contributed by atoms with Crippen molar-refractivity contribution in [2.75, 3.05) is 7.11 Å². The van der Waals surface area contributed by atoms with Gasteiger partial charge in [0.25, 0.3) is 0 Å². The number of esters is 2. The van der Waals surface area contributed by atoms with Crippen LogP contribution in [-0.2, 0) is 19.1 Å². The van der Waals surface area contributed by atoms with Crippen molar-refractivity contribution in [3.63, 3.8) is 0 Å². The van der Waals surface area contributed by atoms with Crippen LogP contribution in [0.25, 0.3) is 0 Å². The molecule has 0 saturated carbocycles. The van der Waals surface area contributed by atoms with Crippen LogP contribution >= 0.6 is 0 Å². The highest BCUT2D eigenvalue weighted by molar-refractivity contribution is 5.81. The molecule has 3 aliphatic rings. The van der Waals surface area contributed by atoms with E-state index in [9.17, 15) is 9.59 Å². The minimum absolute atomic E-state index is 0.0542. The molecule has 2 aliphatic carbocycles. The normalized spacial score (nSPS) is 39.6. The molecular formula is C23H36O4. The average molecular weight is 377 g/mol. The van der Waals surface area contributed by atoms with E-state index in [1.807, 2.05) is 0 Å². The van der Waals surface area contributed by atoms with Crippen LogP contribution in [0.2, 0.25) is 0 Å². The molecule has 3 rings (SSSR count). The summed E-state index contributed by atoms with van der Waals surface area (Å²) in [7, 11) is 1.51. The number of hydrogen-bond donors (Lipinski definition) is 0. The summed E-state index contributed by atoms with van der Waals surface area (Å²) < 4.78 is 10.9. The van der Waals surface area contributed by atoms with Crippen LogP contribution in [0, 0.1) is 16.7 Å². The first-order chi connectivity index (χ1) is 12.6. The van der Waals surface area contributed by atoms with Gasteiger partial charge in [-0.15, -0.1) is 0 Å². The Balaban J connectivity index is 1.89. The number of carbonyl (C=O) groups excluding carboxylic acids is 2. The number of hydrogen-bond acceptors (Lipinski definition) is 4. The third-order valence-electron chi connectivity index (χ3n) is 7.99. The lowest BCUT2D eigenvalue weighted by molar-refractivity contribution is -0.166. The molecule has 4 heteroatoms. The fourth-order valence-electron chi connectivity index (χ4n) is 5.82. The van der Waals surface area contributed by atoms with Gasteiger partial charge in [-0.3, -0.25) is 9.59 Å². The maximum absolute atomic E-state index is 12.6. The Labute approximate surface area is 164 Å². The highest BCUT2D eigenvalue weighted by atomic mass is 16.6. The van der Waals surface area contributed by atoms with Gasteiger partial charge in [-0.05, 0) is 83.0 Å². The molecule has 0 spiro atoms. The quantitative estimate of drug-likeness (QED) is 0.490. The summed E-state index contributed by atoms with van der Waals surface area (Å²) >= 11 is 0. The molecule has 27 heavy (non-hydrogen) atoms. The van der Waals surface area contributed by atoms with Crippen LogP contribution in [0.1, 0.15) is 91.9 Å². The Morgan fingerprint density at radius 2 is 1.78 bits per heavy atom. The molecule has 1 fully saturated rings.